The molecule has 1 atom stereocenters. The Kier molecular flexibility index (Phi) is 7.08. The molecule has 6 nitrogen and oxygen atoms in total. The molecule has 0 radical (unpaired) electrons. The van der Waals surface area contributed by atoms with Crippen LogP contribution in [0.5, 0.6) is 0 Å². The lowest BCUT2D eigenvalue weighted by atomic mass is 10.2. The highest BCUT2D eigenvalue weighted by Gasteiger charge is 2.10. The second-order valence-corrected chi connectivity index (χ2v) is 6.94. The van der Waals surface area contributed by atoms with E-state index >= 15 is 0 Å². The Hall–Kier alpha value is -1.18. The third-order valence-corrected chi connectivity index (χ3v) is 4.80. The van der Waals surface area contributed by atoms with Crippen molar-refractivity contribution in [3.63, 3.8) is 0 Å². The molecule has 1 unspecified atom stereocenters. The maximum atomic E-state index is 5.91. The van der Waals surface area contributed by atoms with E-state index in [-0.39, 0.29) is 0 Å². The summed E-state index contributed by atoms with van der Waals surface area (Å²) in [5, 5.41) is 4.31. The maximum Gasteiger partial charge on any atom is 0.188 e. The van der Waals surface area contributed by atoms with E-state index in [4.69, 9.17) is 10.5 Å². The van der Waals surface area contributed by atoms with Gasteiger partial charge in [0.1, 0.15) is 0 Å². The molecule has 0 spiro atoms. The van der Waals surface area contributed by atoms with Crippen molar-refractivity contribution in [2.24, 2.45) is 10.7 Å². The van der Waals surface area contributed by atoms with Gasteiger partial charge in [0.25, 0.3) is 0 Å². The topological polar surface area (TPSA) is 75.8 Å². The van der Waals surface area contributed by atoms with Crippen molar-refractivity contribution in [3.8, 4) is 0 Å². The highest BCUT2D eigenvalue weighted by Crippen LogP contribution is 2.20. The summed E-state index contributed by atoms with van der Waals surface area (Å²) < 4.78 is 5.34. The van der Waals surface area contributed by atoms with E-state index in [0.717, 1.165) is 50.8 Å². The van der Waals surface area contributed by atoms with Crippen molar-refractivity contribution in [1.29, 1.82) is 0 Å². The summed E-state index contributed by atoms with van der Waals surface area (Å²) in [7, 11) is 0. The number of ether oxygens (including phenoxy) is 1. The first kappa shape index (κ1) is 17.2. The number of guanidine groups is 1. The number of nitrogens with two attached hydrogens (primary N) is 1. The number of thiazole rings is 1. The second kappa shape index (κ2) is 9.07. The highest BCUT2D eigenvalue weighted by molar-refractivity contribution is 7.11. The molecule has 0 saturated carbocycles. The lowest BCUT2D eigenvalue weighted by Gasteiger charge is -2.26. The molecular weight excluding hydrogens is 298 g/mol. The van der Waals surface area contributed by atoms with Gasteiger partial charge in [-0.1, -0.05) is 6.92 Å². The van der Waals surface area contributed by atoms with Crippen LogP contribution in [0.2, 0.25) is 0 Å². The van der Waals surface area contributed by atoms with Gasteiger partial charge in [-0.2, -0.15) is 0 Å². The molecule has 3 N–H and O–H groups in total. The van der Waals surface area contributed by atoms with Crippen LogP contribution in [0.15, 0.2) is 11.2 Å². The number of nitrogens with zero attached hydrogens (tertiary/aromatic N) is 3. The Morgan fingerprint density at radius 1 is 1.55 bits per heavy atom. The Labute approximate surface area is 136 Å². The van der Waals surface area contributed by atoms with Crippen LogP contribution in [-0.4, -0.2) is 61.8 Å². The summed E-state index contributed by atoms with van der Waals surface area (Å²) in [6.45, 7) is 10.6. The monoisotopic (exact) mass is 325 g/mol. The molecule has 1 aliphatic heterocycles. The molecule has 0 amide bonds. The van der Waals surface area contributed by atoms with Gasteiger partial charge in [0.05, 0.1) is 24.8 Å². The zero-order chi connectivity index (χ0) is 15.8. The first-order valence-electron chi connectivity index (χ1n) is 7.91. The van der Waals surface area contributed by atoms with E-state index in [2.05, 4.69) is 34.0 Å². The van der Waals surface area contributed by atoms with Crippen molar-refractivity contribution >= 4 is 17.3 Å². The number of nitrogens with one attached hydrogen (secondary N) is 1. The number of aliphatic imine (C=N–C) groups is 1. The molecule has 22 heavy (non-hydrogen) atoms. The van der Waals surface area contributed by atoms with E-state index in [0.29, 0.717) is 18.4 Å². The quantitative estimate of drug-likeness (QED) is 0.447. The molecular formula is C15H27N5OS. The van der Waals surface area contributed by atoms with Gasteiger partial charge in [-0.25, -0.2) is 4.98 Å². The molecule has 7 heteroatoms. The summed E-state index contributed by atoms with van der Waals surface area (Å²) >= 11 is 1.73. The molecule has 0 aliphatic carbocycles. The minimum absolute atomic E-state index is 0.312. The first-order chi connectivity index (χ1) is 10.6. The summed E-state index contributed by atoms with van der Waals surface area (Å²) in [6, 6.07) is 0. The minimum atomic E-state index is 0.312. The van der Waals surface area contributed by atoms with Crippen LogP contribution in [-0.2, 0) is 4.74 Å². The molecule has 0 aromatic carbocycles. The summed E-state index contributed by atoms with van der Waals surface area (Å²) in [4.78, 5) is 12.5. The molecule has 0 bridgehead atoms. The Morgan fingerprint density at radius 2 is 2.32 bits per heavy atom. The number of rotatable bonds is 7. The third kappa shape index (κ3) is 5.90. The van der Waals surface area contributed by atoms with Crippen LogP contribution in [0.25, 0.3) is 0 Å². The first-order valence-corrected chi connectivity index (χ1v) is 8.73. The maximum absolute atomic E-state index is 5.91. The minimum Gasteiger partial charge on any atom is -0.379 e. The van der Waals surface area contributed by atoms with Crippen molar-refractivity contribution in [2.75, 3.05) is 45.9 Å². The molecule has 1 aliphatic rings. The third-order valence-electron chi connectivity index (χ3n) is 3.66. The Bertz CT molecular complexity index is 470. The van der Waals surface area contributed by atoms with Gasteiger partial charge in [0.2, 0.25) is 0 Å². The van der Waals surface area contributed by atoms with Crippen LogP contribution < -0.4 is 11.1 Å². The van der Waals surface area contributed by atoms with Gasteiger partial charge >= 0.3 is 0 Å². The van der Waals surface area contributed by atoms with Gasteiger partial charge in [-0.05, 0) is 19.9 Å². The van der Waals surface area contributed by atoms with Crippen LogP contribution >= 0.6 is 11.3 Å². The normalized spacial score (nSPS) is 18.4. The zero-order valence-corrected chi connectivity index (χ0v) is 14.4. The predicted octanol–water partition coefficient (Wildman–Crippen LogP) is 1.18. The molecule has 1 saturated heterocycles. The van der Waals surface area contributed by atoms with Crippen molar-refractivity contribution in [3.05, 3.63) is 16.1 Å². The standard InChI is InChI=1S/C15H27N5OS/c1-12(14-18-11-13(2)22-14)10-19-15(16)17-4-3-5-20-6-8-21-9-7-20/h11-12H,3-10H2,1-2H3,(H3,16,17,19). The highest BCUT2D eigenvalue weighted by atomic mass is 32.1. The lowest BCUT2D eigenvalue weighted by Crippen LogP contribution is -2.39. The number of aromatic nitrogens is 1. The molecule has 2 rings (SSSR count). The molecule has 124 valence electrons. The van der Waals surface area contributed by atoms with Gasteiger partial charge in [0.15, 0.2) is 5.96 Å². The lowest BCUT2D eigenvalue weighted by molar-refractivity contribution is 0.0376. The van der Waals surface area contributed by atoms with Crippen LogP contribution in [0.1, 0.15) is 29.1 Å². The number of hydrogen-bond acceptors (Lipinski definition) is 5. The van der Waals surface area contributed by atoms with E-state index in [1.54, 1.807) is 11.3 Å². The summed E-state index contributed by atoms with van der Waals surface area (Å²) in [5.74, 6) is 0.842. The SMILES string of the molecule is Cc1cnc(C(C)CN=C(N)NCCCN2CCOCC2)s1. The van der Waals surface area contributed by atoms with E-state index in [1.165, 1.54) is 4.88 Å². The van der Waals surface area contributed by atoms with Gasteiger partial charge < -0.3 is 15.8 Å². The van der Waals surface area contributed by atoms with Crippen LogP contribution in [0, 0.1) is 6.92 Å². The van der Waals surface area contributed by atoms with Gasteiger partial charge in [0, 0.05) is 36.6 Å². The van der Waals surface area contributed by atoms with Gasteiger partial charge in [-0.15, -0.1) is 11.3 Å². The molecule has 1 aromatic rings. The van der Waals surface area contributed by atoms with Gasteiger partial charge in [-0.3, -0.25) is 9.89 Å². The van der Waals surface area contributed by atoms with Crippen molar-refractivity contribution in [2.45, 2.75) is 26.2 Å². The summed E-state index contributed by atoms with van der Waals surface area (Å²) in [5.41, 5.74) is 5.91. The molecule has 1 aromatic heterocycles. The van der Waals surface area contributed by atoms with Crippen LogP contribution in [0.3, 0.4) is 0 Å². The zero-order valence-electron chi connectivity index (χ0n) is 13.5. The second-order valence-electron chi connectivity index (χ2n) is 5.67. The largest absolute Gasteiger partial charge is 0.379 e. The Morgan fingerprint density at radius 3 is 3.00 bits per heavy atom. The average molecular weight is 325 g/mol. The molecule has 1 fully saturated rings. The fraction of sp³-hybridized carbons (Fsp3) is 0.733. The predicted molar refractivity (Wildman–Crippen MR) is 91.6 cm³/mol. The van der Waals surface area contributed by atoms with Crippen molar-refractivity contribution in [1.82, 2.24) is 15.2 Å². The number of morpholine rings is 1. The van der Waals surface area contributed by atoms with Crippen LogP contribution in [0.4, 0.5) is 0 Å². The summed E-state index contributed by atoms with van der Waals surface area (Å²) in [6.07, 6.45) is 2.98. The Balaban J connectivity index is 1.60. The van der Waals surface area contributed by atoms with E-state index in [9.17, 15) is 0 Å². The molecule has 2 heterocycles. The van der Waals surface area contributed by atoms with Crippen molar-refractivity contribution < 1.29 is 4.74 Å². The number of aryl methyl sites for hydroxylation is 1. The van der Waals surface area contributed by atoms with E-state index < -0.39 is 0 Å². The number of hydrogen-bond donors (Lipinski definition) is 2. The fourth-order valence-electron chi connectivity index (χ4n) is 2.31. The smallest absolute Gasteiger partial charge is 0.188 e. The van der Waals surface area contributed by atoms with E-state index in [1.807, 2.05) is 6.20 Å². The average Bonchev–Trinajstić information content (AvgIpc) is 2.97. The fourth-order valence-corrected chi connectivity index (χ4v) is 3.13.